The molecule has 0 spiro atoms. The standard InChI is InChI=1S/C29H28FN7O5/c1-18(2)36-16-23(27(39)37(29(36)41)21-9-5-19(30)6-10-21)26(38)33-20-7-11-22(12-8-20)42-25-15-24(31-17-32-25)34-28(40)35-13-3-4-14-35/h5-12,15-18H,3-4,13-14H2,1-2H3,(H,33,38)(H,31,32,34,40). The Labute approximate surface area is 239 Å². The number of amides is 3. The predicted molar refractivity (Wildman–Crippen MR) is 153 cm³/mol. The predicted octanol–water partition coefficient (Wildman–Crippen LogP) is 4.18. The van der Waals surface area contributed by atoms with Crippen LogP contribution in [-0.2, 0) is 0 Å². The number of likely N-dealkylation sites (tertiary alicyclic amines) is 1. The van der Waals surface area contributed by atoms with Crippen LogP contribution in [0.2, 0.25) is 0 Å². The number of anilines is 2. The molecule has 4 aromatic rings. The second-order valence-corrected chi connectivity index (χ2v) is 9.89. The van der Waals surface area contributed by atoms with Crippen LogP contribution in [-0.4, -0.2) is 49.0 Å². The first-order valence-electron chi connectivity index (χ1n) is 13.3. The van der Waals surface area contributed by atoms with Crippen molar-refractivity contribution in [3.63, 3.8) is 0 Å². The summed E-state index contributed by atoms with van der Waals surface area (Å²) in [6.07, 6.45) is 4.44. The summed E-state index contributed by atoms with van der Waals surface area (Å²) in [5.74, 6) is -0.351. The molecule has 0 radical (unpaired) electrons. The van der Waals surface area contributed by atoms with Gasteiger partial charge in [0.15, 0.2) is 0 Å². The first-order chi connectivity index (χ1) is 20.2. The molecule has 1 aliphatic heterocycles. The van der Waals surface area contributed by atoms with Gasteiger partial charge in [0.1, 0.15) is 29.3 Å². The zero-order valence-corrected chi connectivity index (χ0v) is 22.9. The molecule has 0 bridgehead atoms. The van der Waals surface area contributed by atoms with Gasteiger partial charge in [0, 0.05) is 37.1 Å². The van der Waals surface area contributed by atoms with Crippen LogP contribution in [0.1, 0.15) is 43.1 Å². The van der Waals surface area contributed by atoms with Crippen LogP contribution in [0.25, 0.3) is 5.69 Å². The minimum atomic E-state index is -0.836. The van der Waals surface area contributed by atoms with Gasteiger partial charge in [-0.2, -0.15) is 0 Å². The van der Waals surface area contributed by atoms with E-state index in [4.69, 9.17) is 4.74 Å². The molecule has 1 saturated heterocycles. The van der Waals surface area contributed by atoms with Gasteiger partial charge in [-0.05, 0) is 75.2 Å². The smallest absolute Gasteiger partial charge is 0.335 e. The fourth-order valence-corrected chi connectivity index (χ4v) is 4.41. The summed E-state index contributed by atoms with van der Waals surface area (Å²) in [7, 11) is 0. The summed E-state index contributed by atoms with van der Waals surface area (Å²) in [6, 6.07) is 12.1. The van der Waals surface area contributed by atoms with Gasteiger partial charge in [0.25, 0.3) is 11.5 Å². The second-order valence-electron chi connectivity index (χ2n) is 9.89. The normalized spacial score (nSPS) is 12.8. The molecule has 216 valence electrons. The molecule has 2 aromatic carbocycles. The molecule has 0 unspecified atom stereocenters. The van der Waals surface area contributed by atoms with E-state index in [-0.39, 0.29) is 29.2 Å². The molecular formula is C29H28FN7O5. The molecule has 1 aliphatic rings. The van der Waals surface area contributed by atoms with Gasteiger partial charge < -0.3 is 15.0 Å². The average Bonchev–Trinajstić information content (AvgIpc) is 3.51. The van der Waals surface area contributed by atoms with Crippen LogP contribution in [0.4, 0.5) is 20.7 Å². The van der Waals surface area contributed by atoms with Crippen molar-refractivity contribution in [3.05, 3.63) is 99.3 Å². The van der Waals surface area contributed by atoms with Gasteiger partial charge in [-0.1, -0.05) is 0 Å². The SMILES string of the molecule is CC(C)n1cc(C(=O)Nc2ccc(Oc3cc(NC(=O)N4CCCC4)ncn3)cc2)c(=O)n(-c2ccc(F)cc2)c1=O. The van der Waals surface area contributed by atoms with Gasteiger partial charge in [-0.15, -0.1) is 0 Å². The highest BCUT2D eigenvalue weighted by Crippen LogP contribution is 2.23. The van der Waals surface area contributed by atoms with Crippen LogP contribution < -0.4 is 26.6 Å². The van der Waals surface area contributed by atoms with Crippen LogP contribution in [0.5, 0.6) is 11.6 Å². The Morgan fingerprint density at radius 2 is 1.64 bits per heavy atom. The number of carbonyl (C=O) groups is 2. The van der Waals surface area contributed by atoms with E-state index in [2.05, 4.69) is 20.6 Å². The summed E-state index contributed by atoms with van der Waals surface area (Å²) < 4.78 is 21.3. The lowest BCUT2D eigenvalue weighted by Crippen LogP contribution is -2.42. The number of nitrogens with one attached hydrogen (secondary N) is 2. The molecule has 0 atom stereocenters. The van der Waals surface area contributed by atoms with Crippen LogP contribution in [0.15, 0.2) is 76.7 Å². The monoisotopic (exact) mass is 573 g/mol. The third kappa shape index (κ3) is 6.19. The Balaban J connectivity index is 1.31. The number of hydrogen-bond acceptors (Lipinski definition) is 7. The average molecular weight is 574 g/mol. The van der Waals surface area contributed by atoms with E-state index in [0.29, 0.717) is 30.3 Å². The van der Waals surface area contributed by atoms with Gasteiger partial charge in [-0.25, -0.2) is 28.5 Å². The topological polar surface area (TPSA) is 140 Å². The highest BCUT2D eigenvalue weighted by molar-refractivity contribution is 6.03. The Bertz CT molecular complexity index is 1730. The third-order valence-corrected chi connectivity index (χ3v) is 6.60. The minimum Gasteiger partial charge on any atom is -0.439 e. The molecule has 5 rings (SSSR count). The number of ether oxygens (including phenoxy) is 1. The van der Waals surface area contributed by atoms with Crippen molar-refractivity contribution in [2.75, 3.05) is 23.7 Å². The van der Waals surface area contributed by atoms with Gasteiger partial charge in [0.2, 0.25) is 5.88 Å². The van der Waals surface area contributed by atoms with Gasteiger partial charge in [0.05, 0.1) is 5.69 Å². The van der Waals surface area contributed by atoms with Crippen molar-refractivity contribution in [1.29, 1.82) is 0 Å². The van der Waals surface area contributed by atoms with Crippen molar-refractivity contribution < 1.29 is 18.7 Å². The first kappa shape index (κ1) is 28.2. The first-order valence-corrected chi connectivity index (χ1v) is 13.3. The third-order valence-electron chi connectivity index (χ3n) is 6.60. The van der Waals surface area contributed by atoms with Crippen LogP contribution in [0, 0.1) is 5.82 Å². The van der Waals surface area contributed by atoms with E-state index in [1.165, 1.54) is 35.3 Å². The Morgan fingerprint density at radius 3 is 2.31 bits per heavy atom. The quantitative estimate of drug-likeness (QED) is 0.338. The van der Waals surface area contributed by atoms with E-state index in [9.17, 15) is 23.6 Å². The summed E-state index contributed by atoms with van der Waals surface area (Å²) >= 11 is 0. The number of benzene rings is 2. The Hall–Kier alpha value is -5.33. The van der Waals surface area contributed by atoms with Crippen molar-refractivity contribution in [2.24, 2.45) is 0 Å². The van der Waals surface area contributed by atoms with Crippen LogP contribution in [0.3, 0.4) is 0 Å². The van der Waals surface area contributed by atoms with E-state index in [1.807, 2.05) is 0 Å². The molecule has 42 heavy (non-hydrogen) atoms. The molecule has 2 N–H and O–H groups in total. The van der Waals surface area contributed by atoms with Crippen LogP contribution >= 0.6 is 0 Å². The summed E-state index contributed by atoms with van der Waals surface area (Å²) in [5, 5.41) is 5.40. The maximum Gasteiger partial charge on any atom is 0.335 e. The maximum absolute atomic E-state index is 13.5. The fraction of sp³-hybridized carbons (Fsp3) is 0.241. The molecule has 0 aliphatic carbocycles. The molecule has 12 nitrogen and oxygen atoms in total. The summed E-state index contributed by atoms with van der Waals surface area (Å²) in [6.45, 7) is 4.89. The molecule has 1 fully saturated rings. The number of nitrogens with zero attached hydrogens (tertiary/aromatic N) is 5. The van der Waals surface area contributed by atoms with Crippen molar-refractivity contribution >= 4 is 23.4 Å². The molecule has 3 amide bonds. The Morgan fingerprint density at radius 1 is 0.952 bits per heavy atom. The molecule has 2 aromatic heterocycles. The van der Waals surface area contributed by atoms with Crippen molar-refractivity contribution in [3.8, 4) is 17.3 Å². The van der Waals surface area contributed by atoms with Gasteiger partial charge in [-0.3, -0.25) is 19.5 Å². The minimum absolute atomic E-state index is 0.139. The fourth-order valence-electron chi connectivity index (χ4n) is 4.41. The lowest BCUT2D eigenvalue weighted by atomic mass is 10.2. The zero-order chi connectivity index (χ0) is 29.8. The van der Waals surface area contributed by atoms with E-state index >= 15 is 0 Å². The number of urea groups is 1. The van der Waals surface area contributed by atoms with Gasteiger partial charge >= 0.3 is 11.7 Å². The molecule has 3 heterocycles. The Kier molecular flexibility index (Phi) is 8.09. The second kappa shape index (κ2) is 12.0. The zero-order valence-electron chi connectivity index (χ0n) is 22.9. The van der Waals surface area contributed by atoms with E-state index in [1.54, 1.807) is 43.0 Å². The maximum atomic E-state index is 13.5. The van der Waals surface area contributed by atoms with Crippen molar-refractivity contribution in [1.82, 2.24) is 24.0 Å². The molecule has 13 heteroatoms. The highest BCUT2D eigenvalue weighted by Gasteiger charge is 2.21. The lowest BCUT2D eigenvalue weighted by Gasteiger charge is -2.16. The number of rotatable bonds is 7. The number of halogens is 1. The number of carbonyl (C=O) groups excluding carboxylic acids is 2. The number of hydrogen-bond donors (Lipinski definition) is 2. The molecule has 0 saturated carbocycles. The lowest BCUT2D eigenvalue weighted by molar-refractivity contribution is 0.102. The number of aromatic nitrogens is 4. The van der Waals surface area contributed by atoms with Crippen molar-refractivity contribution in [2.45, 2.75) is 32.7 Å². The summed E-state index contributed by atoms with van der Waals surface area (Å²) in [5.41, 5.74) is -1.25. The van der Waals surface area contributed by atoms with E-state index in [0.717, 1.165) is 29.5 Å². The largest absolute Gasteiger partial charge is 0.439 e. The highest BCUT2D eigenvalue weighted by atomic mass is 19.1. The summed E-state index contributed by atoms with van der Waals surface area (Å²) in [4.78, 5) is 61.6. The van der Waals surface area contributed by atoms with E-state index < -0.39 is 23.0 Å². The molecular weight excluding hydrogens is 545 g/mol.